The van der Waals surface area contributed by atoms with Crippen molar-refractivity contribution in [3.8, 4) is 0 Å². The monoisotopic (exact) mass is 331 g/mol. The maximum absolute atomic E-state index is 12.4. The van der Waals surface area contributed by atoms with Gasteiger partial charge in [-0.05, 0) is 31.7 Å². The van der Waals surface area contributed by atoms with Gasteiger partial charge in [0.1, 0.15) is 0 Å². The number of rotatable bonds is 5. The summed E-state index contributed by atoms with van der Waals surface area (Å²) in [5, 5.41) is 3.18. The second kappa shape index (κ2) is 7.99. The lowest BCUT2D eigenvalue weighted by Gasteiger charge is -2.26. The summed E-state index contributed by atoms with van der Waals surface area (Å²) in [6.07, 6.45) is 3.38. The number of amides is 2. The predicted octanol–water partition coefficient (Wildman–Crippen LogP) is 2.64. The van der Waals surface area contributed by atoms with Gasteiger partial charge in [0.25, 0.3) is 0 Å². The molecule has 24 heavy (non-hydrogen) atoms. The number of carbonyl (C=O) groups is 1. The molecule has 0 unspecified atom stereocenters. The molecule has 2 heterocycles. The highest BCUT2D eigenvalue weighted by atomic mass is 16.5. The Balaban J connectivity index is 1.46. The predicted molar refractivity (Wildman–Crippen MR) is 95.0 cm³/mol. The molecule has 0 radical (unpaired) electrons. The third kappa shape index (κ3) is 4.28. The van der Waals surface area contributed by atoms with Gasteiger partial charge in [0, 0.05) is 45.4 Å². The highest BCUT2D eigenvalue weighted by molar-refractivity contribution is 5.74. The zero-order valence-corrected chi connectivity index (χ0v) is 14.8. The van der Waals surface area contributed by atoms with Crippen LogP contribution < -0.4 is 5.32 Å². The minimum absolute atomic E-state index is 0.0183. The first-order valence-corrected chi connectivity index (χ1v) is 9.05. The van der Waals surface area contributed by atoms with Crippen LogP contribution in [0.2, 0.25) is 0 Å². The molecule has 0 saturated carbocycles. The summed E-state index contributed by atoms with van der Waals surface area (Å²) in [5.41, 5.74) is 1.33. The molecular weight excluding hydrogens is 302 g/mol. The van der Waals surface area contributed by atoms with E-state index in [-0.39, 0.29) is 18.2 Å². The van der Waals surface area contributed by atoms with Gasteiger partial charge in [0.05, 0.1) is 6.10 Å². The Morgan fingerprint density at radius 1 is 1.38 bits per heavy atom. The summed E-state index contributed by atoms with van der Waals surface area (Å²) >= 11 is 0. The second-order valence-electron chi connectivity index (χ2n) is 7.03. The lowest BCUT2D eigenvalue weighted by molar-refractivity contribution is 0.0870. The van der Waals surface area contributed by atoms with Crippen molar-refractivity contribution in [1.29, 1.82) is 0 Å². The summed E-state index contributed by atoms with van der Waals surface area (Å²) in [5.74, 6) is 0. The van der Waals surface area contributed by atoms with Gasteiger partial charge in [-0.15, -0.1) is 0 Å². The smallest absolute Gasteiger partial charge is 0.317 e. The summed E-state index contributed by atoms with van der Waals surface area (Å²) in [4.78, 5) is 16.6. The van der Waals surface area contributed by atoms with Crippen LogP contribution >= 0.6 is 0 Å². The molecule has 5 heteroatoms. The maximum atomic E-state index is 12.4. The molecule has 2 aliphatic heterocycles. The Morgan fingerprint density at radius 3 is 2.88 bits per heavy atom. The zero-order chi connectivity index (χ0) is 16.9. The average molecular weight is 331 g/mol. The van der Waals surface area contributed by atoms with Crippen molar-refractivity contribution >= 4 is 6.03 Å². The van der Waals surface area contributed by atoms with E-state index in [9.17, 15) is 4.79 Å². The fourth-order valence-corrected chi connectivity index (χ4v) is 3.66. The standard InChI is InChI=1S/C19H29N3O2/c1-15(16-7-4-3-5-8-16)22-11-10-17(13-22)20-19(23)21(2)14-18-9-6-12-24-18/h3-5,7-8,15,17-18H,6,9-14H2,1-2H3,(H,20,23)/t15-,17-,18-/m1/s1. The molecule has 0 spiro atoms. The highest BCUT2D eigenvalue weighted by Gasteiger charge is 2.29. The van der Waals surface area contributed by atoms with Crippen LogP contribution in [0.15, 0.2) is 30.3 Å². The van der Waals surface area contributed by atoms with Crippen LogP contribution in [0.4, 0.5) is 4.79 Å². The summed E-state index contributed by atoms with van der Waals surface area (Å²) in [6, 6.07) is 11.2. The van der Waals surface area contributed by atoms with E-state index < -0.39 is 0 Å². The number of nitrogens with one attached hydrogen (secondary N) is 1. The van der Waals surface area contributed by atoms with Gasteiger partial charge < -0.3 is 15.0 Å². The molecule has 132 valence electrons. The lowest BCUT2D eigenvalue weighted by Crippen LogP contribution is -2.46. The van der Waals surface area contributed by atoms with Crippen LogP contribution in [-0.2, 0) is 4.74 Å². The molecule has 0 aromatic heterocycles. The second-order valence-corrected chi connectivity index (χ2v) is 7.03. The summed E-state index contributed by atoms with van der Waals surface area (Å²) in [6.45, 7) is 5.69. The van der Waals surface area contributed by atoms with Gasteiger partial charge in [0.2, 0.25) is 0 Å². The molecule has 2 saturated heterocycles. The Labute approximate surface area is 145 Å². The van der Waals surface area contributed by atoms with Gasteiger partial charge in [0.15, 0.2) is 0 Å². The van der Waals surface area contributed by atoms with E-state index >= 15 is 0 Å². The van der Waals surface area contributed by atoms with Gasteiger partial charge in [-0.1, -0.05) is 30.3 Å². The highest BCUT2D eigenvalue weighted by Crippen LogP contribution is 2.24. The molecule has 5 nitrogen and oxygen atoms in total. The number of hydrogen-bond donors (Lipinski definition) is 1. The molecule has 2 aliphatic rings. The third-order valence-electron chi connectivity index (χ3n) is 5.23. The molecule has 0 bridgehead atoms. The summed E-state index contributed by atoms with van der Waals surface area (Å²) in [7, 11) is 1.86. The first-order valence-electron chi connectivity index (χ1n) is 9.05. The first kappa shape index (κ1) is 17.2. The molecule has 2 amide bonds. The van der Waals surface area contributed by atoms with Crippen LogP contribution in [0.1, 0.15) is 37.8 Å². The van der Waals surface area contributed by atoms with E-state index in [1.54, 1.807) is 4.90 Å². The van der Waals surface area contributed by atoms with Gasteiger partial charge in [-0.25, -0.2) is 4.79 Å². The number of likely N-dealkylation sites (tertiary alicyclic amines) is 1. The Kier molecular flexibility index (Phi) is 5.74. The maximum Gasteiger partial charge on any atom is 0.317 e. The van der Waals surface area contributed by atoms with E-state index in [0.717, 1.165) is 39.0 Å². The largest absolute Gasteiger partial charge is 0.376 e. The number of likely N-dealkylation sites (N-methyl/N-ethyl adjacent to an activating group) is 1. The molecule has 3 atom stereocenters. The molecule has 2 fully saturated rings. The molecule has 1 aromatic carbocycles. The van der Waals surface area contributed by atoms with E-state index in [4.69, 9.17) is 4.74 Å². The Bertz CT molecular complexity index is 531. The average Bonchev–Trinajstić information content (AvgIpc) is 3.27. The van der Waals surface area contributed by atoms with Gasteiger partial charge >= 0.3 is 6.03 Å². The van der Waals surface area contributed by atoms with Crippen LogP contribution in [0.5, 0.6) is 0 Å². The van der Waals surface area contributed by atoms with Gasteiger partial charge in [-0.2, -0.15) is 0 Å². The van der Waals surface area contributed by atoms with Crippen LogP contribution in [0, 0.1) is 0 Å². The Hall–Kier alpha value is -1.59. The quantitative estimate of drug-likeness (QED) is 0.902. The molecular formula is C19H29N3O2. The number of ether oxygens (including phenoxy) is 1. The van der Waals surface area contributed by atoms with Crippen LogP contribution in [0.25, 0.3) is 0 Å². The minimum atomic E-state index is 0.0183. The lowest BCUT2D eigenvalue weighted by atomic mass is 10.1. The van der Waals surface area contributed by atoms with E-state index in [1.807, 2.05) is 13.1 Å². The molecule has 1 aromatic rings. The van der Waals surface area contributed by atoms with Gasteiger partial charge in [-0.3, -0.25) is 4.90 Å². The molecule has 0 aliphatic carbocycles. The number of benzene rings is 1. The van der Waals surface area contributed by atoms with Crippen LogP contribution in [-0.4, -0.2) is 61.3 Å². The van der Waals surface area contributed by atoms with Crippen molar-refractivity contribution in [2.24, 2.45) is 0 Å². The fraction of sp³-hybridized carbons (Fsp3) is 0.632. The number of hydrogen-bond acceptors (Lipinski definition) is 3. The van der Waals surface area contributed by atoms with E-state index in [0.29, 0.717) is 12.6 Å². The van der Waals surface area contributed by atoms with Crippen LogP contribution in [0.3, 0.4) is 0 Å². The summed E-state index contributed by atoms with van der Waals surface area (Å²) < 4.78 is 5.61. The van der Waals surface area contributed by atoms with E-state index in [2.05, 4.69) is 41.4 Å². The number of nitrogens with zero attached hydrogens (tertiary/aromatic N) is 2. The van der Waals surface area contributed by atoms with Crippen molar-refractivity contribution in [2.45, 2.75) is 44.4 Å². The van der Waals surface area contributed by atoms with Crippen molar-refractivity contribution in [1.82, 2.24) is 15.1 Å². The van der Waals surface area contributed by atoms with Crippen molar-refractivity contribution in [2.75, 3.05) is 33.3 Å². The normalized spacial score (nSPS) is 25.6. The van der Waals surface area contributed by atoms with Crippen molar-refractivity contribution < 1.29 is 9.53 Å². The minimum Gasteiger partial charge on any atom is -0.376 e. The van der Waals surface area contributed by atoms with E-state index in [1.165, 1.54) is 5.56 Å². The first-order chi connectivity index (χ1) is 11.6. The number of urea groups is 1. The fourth-order valence-electron chi connectivity index (χ4n) is 3.66. The zero-order valence-electron chi connectivity index (χ0n) is 14.8. The molecule has 3 rings (SSSR count). The van der Waals surface area contributed by atoms with Crippen molar-refractivity contribution in [3.63, 3.8) is 0 Å². The SMILES string of the molecule is C[C@H](c1ccccc1)N1CC[C@@H](NC(=O)N(C)C[C@H]2CCCO2)C1. The molecule has 1 N–H and O–H groups in total. The Morgan fingerprint density at radius 2 is 2.17 bits per heavy atom. The third-order valence-corrected chi connectivity index (χ3v) is 5.23. The number of carbonyl (C=O) groups excluding carboxylic acids is 1. The van der Waals surface area contributed by atoms with Crippen molar-refractivity contribution in [3.05, 3.63) is 35.9 Å². The topological polar surface area (TPSA) is 44.8 Å².